The molecule has 0 saturated carbocycles. The van der Waals surface area contributed by atoms with E-state index in [0.717, 1.165) is 23.3 Å². The monoisotopic (exact) mass is 509 g/mol. The highest BCUT2D eigenvalue weighted by Crippen LogP contribution is 2.41. The molecule has 4 atom stereocenters. The lowest BCUT2D eigenvalue weighted by atomic mass is 9.84. The van der Waals surface area contributed by atoms with Gasteiger partial charge in [0.2, 0.25) is 5.60 Å². The molecule has 196 valence electrons. The van der Waals surface area contributed by atoms with Gasteiger partial charge in [-0.1, -0.05) is 79.7 Å². The summed E-state index contributed by atoms with van der Waals surface area (Å²) in [5.41, 5.74) is 2.24. The molecule has 5 nitrogen and oxygen atoms in total. The van der Waals surface area contributed by atoms with Gasteiger partial charge in [-0.05, 0) is 66.8 Å². The molecule has 0 bridgehead atoms. The van der Waals surface area contributed by atoms with Crippen LogP contribution < -0.4 is 14.8 Å². The first-order valence-electron chi connectivity index (χ1n) is 13.4. The number of para-hydroxylation sites is 1. The number of benzene rings is 4. The van der Waals surface area contributed by atoms with Crippen molar-refractivity contribution in [3.05, 3.63) is 108 Å². The Labute approximate surface area is 224 Å². The predicted molar refractivity (Wildman–Crippen MR) is 151 cm³/mol. The zero-order valence-corrected chi connectivity index (χ0v) is 22.2. The van der Waals surface area contributed by atoms with E-state index < -0.39 is 11.6 Å². The van der Waals surface area contributed by atoms with Gasteiger partial charge in [0.15, 0.2) is 0 Å². The molecule has 1 aliphatic heterocycles. The normalized spacial score (nSPS) is 19.1. The van der Waals surface area contributed by atoms with E-state index in [1.807, 2.05) is 43.3 Å². The Balaban J connectivity index is 1.36. The number of fused-ring (bicyclic) bond motifs is 2. The smallest absolute Gasteiger partial charge is 0.347 e. The fraction of sp³-hybridized carbons (Fsp3) is 0.303. The van der Waals surface area contributed by atoms with Crippen molar-refractivity contribution in [3.63, 3.8) is 0 Å². The Bertz CT molecular complexity index is 1430. The van der Waals surface area contributed by atoms with E-state index in [1.54, 1.807) is 6.92 Å². The summed E-state index contributed by atoms with van der Waals surface area (Å²) < 4.78 is 12.4. The van der Waals surface area contributed by atoms with Crippen molar-refractivity contribution in [1.82, 2.24) is 5.32 Å². The summed E-state index contributed by atoms with van der Waals surface area (Å²) in [6, 6.07) is 31.1. The standard InChI is InChI=1S/C33H35NO4/c1-4-33(3,32(35)36)38-25-14-9-13-24(19-25)30-20-26(37-31-18-8-7-16-29(30)31)21-34-22(2)27-17-10-12-23-11-5-6-15-28(23)27/h5-19,22,26,30,34H,4,20-21H2,1-3H3,(H,35,36)/t22-,26-,30+,33?/m1/s1. The minimum absolute atomic E-state index is 0.0168. The maximum Gasteiger partial charge on any atom is 0.347 e. The molecular weight excluding hydrogens is 474 g/mol. The van der Waals surface area contributed by atoms with E-state index in [4.69, 9.17) is 9.47 Å². The van der Waals surface area contributed by atoms with Crippen LogP contribution in [0.4, 0.5) is 0 Å². The van der Waals surface area contributed by atoms with Crippen LogP contribution in [-0.2, 0) is 4.79 Å². The largest absolute Gasteiger partial charge is 0.489 e. The van der Waals surface area contributed by atoms with E-state index in [0.29, 0.717) is 18.7 Å². The van der Waals surface area contributed by atoms with Crippen LogP contribution >= 0.6 is 0 Å². The van der Waals surface area contributed by atoms with Crippen LogP contribution in [0.2, 0.25) is 0 Å². The minimum atomic E-state index is -1.27. The molecular formula is C33H35NO4. The van der Waals surface area contributed by atoms with E-state index in [9.17, 15) is 9.90 Å². The number of carboxylic acids is 1. The van der Waals surface area contributed by atoms with Crippen molar-refractivity contribution in [3.8, 4) is 11.5 Å². The van der Waals surface area contributed by atoms with Crippen LogP contribution in [0.1, 0.15) is 62.3 Å². The Morgan fingerprint density at radius 1 is 1.05 bits per heavy atom. The highest BCUT2D eigenvalue weighted by atomic mass is 16.5. The highest BCUT2D eigenvalue weighted by molar-refractivity contribution is 5.86. The fourth-order valence-corrected chi connectivity index (χ4v) is 5.30. The molecule has 4 aromatic rings. The number of hydrogen-bond donors (Lipinski definition) is 2. The average molecular weight is 510 g/mol. The summed E-state index contributed by atoms with van der Waals surface area (Å²) in [6.07, 6.45) is 1.16. The summed E-state index contributed by atoms with van der Waals surface area (Å²) in [4.78, 5) is 11.8. The average Bonchev–Trinajstić information content (AvgIpc) is 2.95. The van der Waals surface area contributed by atoms with Crippen LogP contribution in [0.5, 0.6) is 11.5 Å². The summed E-state index contributed by atoms with van der Waals surface area (Å²) >= 11 is 0. The number of ether oxygens (including phenoxy) is 2. The molecule has 0 aromatic heterocycles. The van der Waals surface area contributed by atoms with Gasteiger partial charge in [0.05, 0.1) is 0 Å². The van der Waals surface area contributed by atoms with Crippen LogP contribution in [0, 0.1) is 0 Å². The number of nitrogens with one attached hydrogen (secondary N) is 1. The molecule has 4 aromatic carbocycles. The van der Waals surface area contributed by atoms with Crippen molar-refractivity contribution < 1.29 is 19.4 Å². The van der Waals surface area contributed by atoms with E-state index in [1.165, 1.54) is 16.3 Å². The van der Waals surface area contributed by atoms with Crippen LogP contribution in [0.25, 0.3) is 10.8 Å². The second-order valence-electron chi connectivity index (χ2n) is 10.3. The molecule has 0 spiro atoms. The second-order valence-corrected chi connectivity index (χ2v) is 10.3. The molecule has 1 unspecified atom stereocenters. The van der Waals surface area contributed by atoms with Gasteiger partial charge in [-0.25, -0.2) is 4.79 Å². The number of rotatable bonds is 9. The third-order valence-electron chi connectivity index (χ3n) is 7.76. The van der Waals surface area contributed by atoms with Gasteiger partial charge < -0.3 is 19.9 Å². The molecule has 1 heterocycles. The van der Waals surface area contributed by atoms with Crippen molar-refractivity contribution in [2.24, 2.45) is 0 Å². The van der Waals surface area contributed by atoms with Crippen LogP contribution in [0.15, 0.2) is 91.0 Å². The lowest BCUT2D eigenvalue weighted by Gasteiger charge is -2.34. The molecule has 0 aliphatic carbocycles. The third kappa shape index (κ3) is 5.25. The first-order valence-corrected chi connectivity index (χ1v) is 13.4. The van der Waals surface area contributed by atoms with Gasteiger partial charge in [0.1, 0.15) is 17.6 Å². The zero-order chi connectivity index (χ0) is 26.7. The van der Waals surface area contributed by atoms with Crippen molar-refractivity contribution in [2.75, 3.05) is 6.54 Å². The number of carbonyl (C=O) groups is 1. The topological polar surface area (TPSA) is 67.8 Å². The lowest BCUT2D eigenvalue weighted by molar-refractivity contribution is -0.154. The van der Waals surface area contributed by atoms with E-state index in [2.05, 4.69) is 66.8 Å². The first-order chi connectivity index (χ1) is 18.4. The Morgan fingerprint density at radius 3 is 2.61 bits per heavy atom. The summed E-state index contributed by atoms with van der Waals surface area (Å²) in [5, 5.41) is 15.9. The SMILES string of the molecule is CCC(C)(Oc1cccc([C@@H]2C[C@H](CN[C@H](C)c3cccc4ccccc34)Oc3ccccc32)c1)C(=O)O. The van der Waals surface area contributed by atoms with E-state index in [-0.39, 0.29) is 18.1 Å². The van der Waals surface area contributed by atoms with Crippen molar-refractivity contribution >= 4 is 16.7 Å². The Kier molecular flexibility index (Phi) is 7.39. The van der Waals surface area contributed by atoms with Gasteiger partial charge in [-0.2, -0.15) is 0 Å². The molecule has 1 aliphatic rings. The predicted octanol–water partition coefficient (Wildman–Crippen LogP) is 7.11. The zero-order valence-electron chi connectivity index (χ0n) is 22.2. The van der Waals surface area contributed by atoms with Gasteiger partial charge in [0.25, 0.3) is 0 Å². The Hall–Kier alpha value is -3.83. The summed E-state index contributed by atoms with van der Waals surface area (Å²) in [7, 11) is 0. The second kappa shape index (κ2) is 10.9. The highest BCUT2D eigenvalue weighted by Gasteiger charge is 2.34. The molecule has 0 amide bonds. The first kappa shape index (κ1) is 25.8. The van der Waals surface area contributed by atoms with Crippen LogP contribution in [0.3, 0.4) is 0 Å². The molecule has 0 fully saturated rings. The maximum atomic E-state index is 11.8. The van der Waals surface area contributed by atoms with Gasteiger partial charge in [-0.3, -0.25) is 0 Å². The molecule has 2 N–H and O–H groups in total. The third-order valence-corrected chi connectivity index (χ3v) is 7.76. The summed E-state index contributed by atoms with van der Waals surface area (Å²) in [6.45, 7) is 6.34. The van der Waals surface area contributed by atoms with Crippen LogP contribution in [-0.4, -0.2) is 29.3 Å². The number of carboxylic acid groups (broad SMARTS) is 1. The molecule has 0 radical (unpaired) electrons. The van der Waals surface area contributed by atoms with Crippen molar-refractivity contribution in [1.29, 1.82) is 0 Å². The van der Waals surface area contributed by atoms with Gasteiger partial charge in [-0.15, -0.1) is 0 Å². The van der Waals surface area contributed by atoms with E-state index >= 15 is 0 Å². The lowest BCUT2D eigenvalue weighted by Crippen LogP contribution is -2.40. The summed E-state index contributed by atoms with van der Waals surface area (Å²) in [5.74, 6) is 0.607. The molecule has 0 saturated heterocycles. The minimum Gasteiger partial charge on any atom is -0.489 e. The fourth-order valence-electron chi connectivity index (χ4n) is 5.30. The molecule has 5 rings (SSSR count). The van der Waals surface area contributed by atoms with Gasteiger partial charge in [0, 0.05) is 24.1 Å². The van der Waals surface area contributed by atoms with Crippen molar-refractivity contribution in [2.45, 2.75) is 57.3 Å². The number of aliphatic carboxylic acids is 1. The quantitative estimate of drug-likeness (QED) is 0.252. The number of hydrogen-bond acceptors (Lipinski definition) is 4. The molecule has 5 heteroatoms. The van der Waals surface area contributed by atoms with Gasteiger partial charge >= 0.3 is 5.97 Å². The maximum absolute atomic E-state index is 11.8. The Morgan fingerprint density at radius 2 is 1.79 bits per heavy atom. The molecule has 38 heavy (non-hydrogen) atoms.